The molecule has 1 aromatic rings. The van der Waals surface area contributed by atoms with E-state index in [-0.39, 0.29) is 5.82 Å². The van der Waals surface area contributed by atoms with E-state index >= 15 is 0 Å². The van der Waals surface area contributed by atoms with Gasteiger partial charge in [-0.05, 0) is 18.1 Å². The van der Waals surface area contributed by atoms with Gasteiger partial charge in [0.15, 0.2) is 0 Å². The van der Waals surface area contributed by atoms with Crippen LogP contribution in [0.1, 0.15) is 11.1 Å². The molecule has 0 saturated heterocycles. The molecule has 0 radical (unpaired) electrons. The summed E-state index contributed by atoms with van der Waals surface area (Å²) in [6, 6.07) is 3.61. The van der Waals surface area contributed by atoms with E-state index in [1.165, 1.54) is 0 Å². The molecule has 1 aliphatic rings. The SMILES string of the molecule is Cc1ccc2c(c1F)NCC(O)C2. The maximum absolute atomic E-state index is 13.5. The first-order valence-electron chi connectivity index (χ1n) is 4.38. The van der Waals surface area contributed by atoms with E-state index in [0.717, 1.165) is 5.56 Å². The van der Waals surface area contributed by atoms with Crippen molar-refractivity contribution in [3.63, 3.8) is 0 Å². The summed E-state index contributed by atoms with van der Waals surface area (Å²) >= 11 is 0. The third-order valence-corrected chi connectivity index (χ3v) is 2.39. The fourth-order valence-electron chi connectivity index (χ4n) is 1.63. The van der Waals surface area contributed by atoms with E-state index in [0.29, 0.717) is 24.2 Å². The van der Waals surface area contributed by atoms with E-state index in [1.807, 2.05) is 6.07 Å². The number of aryl methyl sites for hydroxylation is 1. The number of aliphatic hydroxyl groups excluding tert-OH is 1. The third kappa shape index (κ3) is 1.40. The van der Waals surface area contributed by atoms with Crippen molar-refractivity contribution in [2.45, 2.75) is 19.4 Å². The smallest absolute Gasteiger partial charge is 0.149 e. The Morgan fingerprint density at radius 3 is 3.08 bits per heavy atom. The van der Waals surface area contributed by atoms with Crippen molar-refractivity contribution < 1.29 is 9.50 Å². The fourth-order valence-corrected chi connectivity index (χ4v) is 1.63. The minimum absolute atomic E-state index is 0.190. The zero-order valence-corrected chi connectivity index (χ0v) is 7.47. The molecule has 0 spiro atoms. The van der Waals surface area contributed by atoms with Crippen LogP contribution in [0.4, 0.5) is 10.1 Å². The van der Waals surface area contributed by atoms with Crippen molar-refractivity contribution in [2.75, 3.05) is 11.9 Å². The number of aliphatic hydroxyl groups is 1. The molecule has 2 N–H and O–H groups in total. The molecule has 0 saturated carbocycles. The van der Waals surface area contributed by atoms with Gasteiger partial charge in [-0.25, -0.2) is 4.39 Å². The Kier molecular flexibility index (Phi) is 1.96. The van der Waals surface area contributed by atoms with Crippen LogP contribution in [0.2, 0.25) is 0 Å². The molecule has 0 fully saturated rings. The van der Waals surface area contributed by atoms with Crippen LogP contribution in [0.15, 0.2) is 12.1 Å². The van der Waals surface area contributed by atoms with E-state index in [1.54, 1.807) is 13.0 Å². The van der Waals surface area contributed by atoms with Crippen LogP contribution in [0.5, 0.6) is 0 Å². The molecule has 0 bridgehead atoms. The fraction of sp³-hybridized carbons (Fsp3) is 0.400. The molecule has 70 valence electrons. The number of fused-ring (bicyclic) bond motifs is 1. The molecule has 0 aliphatic carbocycles. The van der Waals surface area contributed by atoms with Gasteiger partial charge in [-0.15, -0.1) is 0 Å². The zero-order valence-electron chi connectivity index (χ0n) is 7.47. The predicted molar refractivity (Wildman–Crippen MR) is 49.3 cm³/mol. The highest BCUT2D eigenvalue weighted by Crippen LogP contribution is 2.26. The van der Waals surface area contributed by atoms with Gasteiger partial charge in [0.2, 0.25) is 0 Å². The molecule has 1 aliphatic heterocycles. The molecule has 0 aromatic heterocycles. The minimum Gasteiger partial charge on any atom is -0.391 e. The summed E-state index contributed by atoms with van der Waals surface area (Å²) in [5.74, 6) is -0.190. The summed E-state index contributed by atoms with van der Waals surface area (Å²) in [6.45, 7) is 2.18. The van der Waals surface area contributed by atoms with E-state index in [4.69, 9.17) is 0 Å². The molecule has 2 rings (SSSR count). The number of rotatable bonds is 0. The topological polar surface area (TPSA) is 32.3 Å². The molecular weight excluding hydrogens is 169 g/mol. The lowest BCUT2D eigenvalue weighted by atomic mass is 9.99. The first kappa shape index (κ1) is 8.51. The second-order valence-corrected chi connectivity index (χ2v) is 3.47. The number of hydrogen-bond donors (Lipinski definition) is 2. The number of halogens is 1. The van der Waals surface area contributed by atoms with Crippen LogP contribution in [-0.4, -0.2) is 17.8 Å². The summed E-state index contributed by atoms with van der Waals surface area (Å²) in [5, 5.41) is 12.2. The van der Waals surface area contributed by atoms with Crippen molar-refractivity contribution in [3.05, 3.63) is 29.1 Å². The third-order valence-electron chi connectivity index (χ3n) is 2.39. The number of benzene rings is 1. The molecular formula is C10H12FNO. The normalized spacial score (nSPS) is 20.7. The molecule has 0 amide bonds. The van der Waals surface area contributed by atoms with Crippen LogP contribution in [0.3, 0.4) is 0 Å². The van der Waals surface area contributed by atoms with Gasteiger partial charge < -0.3 is 10.4 Å². The van der Waals surface area contributed by atoms with Gasteiger partial charge in [0.05, 0.1) is 11.8 Å². The molecule has 1 heterocycles. The van der Waals surface area contributed by atoms with E-state index < -0.39 is 6.10 Å². The van der Waals surface area contributed by atoms with E-state index in [9.17, 15) is 9.50 Å². The summed E-state index contributed by atoms with van der Waals surface area (Å²) in [7, 11) is 0. The number of hydrogen-bond acceptors (Lipinski definition) is 2. The maximum Gasteiger partial charge on any atom is 0.149 e. The molecule has 2 nitrogen and oxygen atoms in total. The molecule has 13 heavy (non-hydrogen) atoms. The van der Waals surface area contributed by atoms with Crippen molar-refractivity contribution >= 4 is 5.69 Å². The number of β-amino-alcohol motifs (C(OH)–C–C–N with tert-alkyl or cyclic N) is 1. The van der Waals surface area contributed by atoms with Crippen LogP contribution < -0.4 is 5.32 Å². The second-order valence-electron chi connectivity index (χ2n) is 3.47. The Hall–Kier alpha value is -1.09. The van der Waals surface area contributed by atoms with Crippen LogP contribution >= 0.6 is 0 Å². The quantitative estimate of drug-likeness (QED) is 0.635. The van der Waals surface area contributed by atoms with Crippen LogP contribution in [0.25, 0.3) is 0 Å². The first-order chi connectivity index (χ1) is 6.18. The van der Waals surface area contributed by atoms with Gasteiger partial charge >= 0.3 is 0 Å². The highest BCUT2D eigenvalue weighted by molar-refractivity contribution is 5.56. The van der Waals surface area contributed by atoms with Gasteiger partial charge in [-0.1, -0.05) is 12.1 Å². The van der Waals surface area contributed by atoms with E-state index in [2.05, 4.69) is 5.32 Å². The van der Waals surface area contributed by atoms with Crippen molar-refractivity contribution in [3.8, 4) is 0 Å². The summed E-state index contributed by atoms with van der Waals surface area (Å²) in [5.41, 5.74) is 2.06. The zero-order chi connectivity index (χ0) is 9.42. The van der Waals surface area contributed by atoms with Gasteiger partial charge in [-0.3, -0.25) is 0 Å². The van der Waals surface area contributed by atoms with Gasteiger partial charge in [0, 0.05) is 13.0 Å². The van der Waals surface area contributed by atoms with Crippen molar-refractivity contribution in [1.82, 2.24) is 0 Å². The lowest BCUT2D eigenvalue weighted by molar-refractivity contribution is 0.184. The molecule has 1 unspecified atom stereocenters. The Morgan fingerprint density at radius 2 is 2.31 bits per heavy atom. The maximum atomic E-state index is 13.5. The van der Waals surface area contributed by atoms with Gasteiger partial charge in [0.1, 0.15) is 5.82 Å². The molecule has 1 atom stereocenters. The highest BCUT2D eigenvalue weighted by Gasteiger charge is 2.19. The number of anilines is 1. The van der Waals surface area contributed by atoms with Crippen molar-refractivity contribution in [2.24, 2.45) is 0 Å². The van der Waals surface area contributed by atoms with Gasteiger partial charge in [0.25, 0.3) is 0 Å². The predicted octanol–water partition coefficient (Wildman–Crippen LogP) is 1.46. The van der Waals surface area contributed by atoms with Gasteiger partial charge in [-0.2, -0.15) is 0 Å². The molecule has 3 heteroatoms. The Morgan fingerprint density at radius 1 is 1.54 bits per heavy atom. The second kappa shape index (κ2) is 3.00. The summed E-state index contributed by atoms with van der Waals surface area (Å²) in [6.07, 6.45) is 0.147. The average Bonchev–Trinajstić information content (AvgIpc) is 2.12. The highest BCUT2D eigenvalue weighted by atomic mass is 19.1. The Bertz CT molecular complexity index is 338. The monoisotopic (exact) mass is 181 g/mol. The lowest BCUT2D eigenvalue weighted by Gasteiger charge is -2.23. The minimum atomic E-state index is -0.394. The largest absolute Gasteiger partial charge is 0.391 e. The average molecular weight is 181 g/mol. The molecule has 1 aromatic carbocycles. The Labute approximate surface area is 76.4 Å². The summed E-state index contributed by atoms with van der Waals surface area (Å²) in [4.78, 5) is 0. The number of nitrogens with one attached hydrogen (secondary N) is 1. The van der Waals surface area contributed by atoms with Crippen LogP contribution in [-0.2, 0) is 6.42 Å². The van der Waals surface area contributed by atoms with Crippen molar-refractivity contribution in [1.29, 1.82) is 0 Å². The summed E-state index contributed by atoms with van der Waals surface area (Å²) < 4.78 is 13.5. The standard InChI is InChI=1S/C10H12FNO/c1-6-2-3-7-4-8(13)5-12-10(7)9(6)11/h2-3,8,12-13H,4-5H2,1H3. The Balaban J connectivity index is 2.47. The lowest BCUT2D eigenvalue weighted by Crippen LogP contribution is -2.28. The first-order valence-corrected chi connectivity index (χ1v) is 4.38. The van der Waals surface area contributed by atoms with Crippen LogP contribution in [0, 0.1) is 12.7 Å².